The summed E-state index contributed by atoms with van der Waals surface area (Å²) in [7, 11) is 0. The zero-order valence-electron chi connectivity index (χ0n) is 18.3. The zero-order chi connectivity index (χ0) is 23.3. The molecule has 0 radical (unpaired) electrons. The topological polar surface area (TPSA) is 40.6 Å². The molecule has 3 aromatic carbocycles. The van der Waals surface area contributed by atoms with E-state index in [1.165, 1.54) is 34.9 Å². The molecule has 4 nitrogen and oxygen atoms in total. The third-order valence-electron chi connectivity index (χ3n) is 6.35. The fourth-order valence-electron chi connectivity index (χ4n) is 4.69. The lowest BCUT2D eigenvalue weighted by Gasteiger charge is -2.33. The second kappa shape index (κ2) is 7.99. The van der Waals surface area contributed by atoms with E-state index in [9.17, 15) is 18.4 Å². The maximum atomic E-state index is 14.5. The third-order valence-corrected chi connectivity index (χ3v) is 7.77. The van der Waals surface area contributed by atoms with Crippen molar-refractivity contribution in [3.63, 3.8) is 0 Å². The van der Waals surface area contributed by atoms with E-state index in [1.807, 2.05) is 38.1 Å². The summed E-state index contributed by atoms with van der Waals surface area (Å²) in [6.07, 6.45) is 0. The summed E-state index contributed by atoms with van der Waals surface area (Å²) in [5.74, 6) is -1.40. The minimum atomic E-state index is -1.26. The maximum absolute atomic E-state index is 14.5. The lowest BCUT2D eigenvalue weighted by Crippen LogP contribution is -2.50. The number of aryl methyl sites for hydroxylation is 2. The van der Waals surface area contributed by atoms with Crippen molar-refractivity contribution in [3.05, 3.63) is 100 Å². The molecule has 2 heterocycles. The average Bonchev–Trinajstić information content (AvgIpc) is 3.33. The highest BCUT2D eigenvalue weighted by atomic mass is 32.2. The molecule has 168 valence electrons. The highest BCUT2D eigenvalue weighted by Crippen LogP contribution is 2.55. The van der Waals surface area contributed by atoms with Gasteiger partial charge in [0, 0.05) is 29.0 Å². The minimum absolute atomic E-state index is 0.172. The molecule has 7 heteroatoms. The second-order valence-electron chi connectivity index (χ2n) is 8.38. The van der Waals surface area contributed by atoms with Crippen LogP contribution in [-0.2, 0) is 16.2 Å². The van der Waals surface area contributed by atoms with Crippen LogP contribution in [0.5, 0.6) is 0 Å². The van der Waals surface area contributed by atoms with Gasteiger partial charge in [-0.05, 0) is 43.7 Å². The Kier molecular flexibility index (Phi) is 5.24. The van der Waals surface area contributed by atoms with Crippen LogP contribution in [0, 0.1) is 25.5 Å². The number of anilines is 1. The number of fused-ring (bicyclic) bond motifs is 2. The van der Waals surface area contributed by atoms with Gasteiger partial charge in [-0.2, -0.15) is 0 Å². The molecular formula is C26H22F2N2O2S. The smallest absolute Gasteiger partial charge is 0.268 e. The molecule has 0 aliphatic carbocycles. The van der Waals surface area contributed by atoms with Gasteiger partial charge in [-0.3, -0.25) is 9.59 Å². The summed E-state index contributed by atoms with van der Waals surface area (Å²) in [5, 5.41) is 0. The highest BCUT2D eigenvalue weighted by molar-refractivity contribution is 8.01. The standard InChI is InChI=1S/C26H22F2N2O2S/c1-16-10-11-23-20(14-16)26(25(32)29(23)15-19-21(27)8-5-9-22(19)28)30(12-13-33-26)24(31)18-7-4-3-6-17(18)2/h3-11,14H,12-13,15H2,1-2H3/t26-/m1/s1. The first-order valence-electron chi connectivity index (χ1n) is 10.7. The van der Waals surface area contributed by atoms with Crippen molar-refractivity contribution in [3.8, 4) is 0 Å². The first-order valence-corrected chi connectivity index (χ1v) is 11.7. The molecule has 2 aliphatic heterocycles. The fourth-order valence-corrected chi connectivity index (χ4v) is 6.14. The molecule has 0 saturated carbocycles. The first-order chi connectivity index (χ1) is 15.8. The van der Waals surface area contributed by atoms with Crippen LogP contribution >= 0.6 is 11.8 Å². The zero-order valence-corrected chi connectivity index (χ0v) is 19.1. The molecule has 0 bridgehead atoms. The Bertz CT molecular complexity index is 1270. The third kappa shape index (κ3) is 3.25. The molecule has 33 heavy (non-hydrogen) atoms. The van der Waals surface area contributed by atoms with Crippen LogP contribution in [0.25, 0.3) is 0 Å². The van der Waals surface area contributed by atoms with Crippen molar-refractivity contribution in [1.82, 2.24) is 4.90 Å². The van der Waals surface area contributed by atoms with Crippen molar-refractivity contribution < 1.29 is 18.4 Å². The number of rotatable bonds is 3. The first kappa shape index (κ1) is 21.6. The van der Waals surface area contributed by atoms with Crippen LogP contribution in [0.4, 0.5) is 14.5 Å². The number of amides is 2. The van der Waals surface area contributed by atoms with Crippen LogP contribution in [0.2, 0.25) is 0 Å². The van der Waals surface area contributed by atoms with Gasteiger partial charge in [-0.15, -0.1) is 11.8 Å². The van der Waals surface area contributed by atoms with Gasteiger partial charge in [0.1, 0.15) is 11.6 Å². The van der Waals surface area contributed by atoms with Gasteiger partial charge in [0.2, 0.25) is 0 Å². The molecule has 0 unspecified atom stereocenters. The van der Waals surface area contributed by atoms with E-state index in [2.05, 4.69) is 0 Å². The van der Waals surface area contributed by atoms with Crippen LogP contribution < -0.4 is 4.90 Å². The highest BCUT2D eigenvalue weighted by Gasteiger charge is 2.59. The molecule has 5 rings (SSSR count). The van der Waals surface area contributed by atoms with Crippen LogP contribution in [0.3, 0.4) is 0 Å². The lowest BCUT2D eigenvalue weighted by molar-refractivity contribution is -0.123. The molecule has 1 atom stereocenters. The van der Waals surface area contributed by atoms with E-state index in [-0.39, 0.29) is 23.9 Å². The quantitative estimate of drug-likeness (QED) is 0.537. The Morgan fingerprint density at radius 2 is 1.76 bits per heavy atom. The number of hydrogen-bond donors (Lipinski definition) is 0. The van der Waals surface area contributed by atoms with Gasteiger partial charge in [0.05, 0.1) is 12.2 Å². The molecule has 0 N–H and O–H groups in total. The largest absolute Gasteiger partial charge is 0.311 e. The number of halogens is 2. The molecule has 0 aromatic heterocycles. The SMILES string of the molecule is Cc1ccc2c(c1)[C@@]1(SCCN1C(=O)c1ccccc1C)C(=O)N2Cc1c(F)cccc1F. The Morgan fingerprint density at radius 1 is 1.03 bits per heavy atom. The number of thioether (sulfide) groups is 1. The molecule has 2 amide bonds. The van der Waals surface area contributed by atoms with Gasteiger partial charge in [-0.1, -0.05) is 42.0 Å². The Morgan fingerprint density at radius 3 is 2.48 bits per heavy atom. The molecule has 1 fully saturated rings. The monoisotopic (exact) mass is 464 g/mol. The van der Waals surface area contributed by atoms with Gasteiger partial charge >= 0.3 is 0 Å². The summed E-state index contributed by atoms with van der Waals surface area (Å²) >= 11 is 1.40. The maximum Gasteiger partial charge on any atom is 0.268 e. The Balaban J connectivity index is 1.63. The molecule has 1 spiro atoms. The van der Waals surface area contributed by atoms with E-state index in [4.69, 9.17) is 0 Å². The molecular weight excluding hydrogens is 442 g/mol. The second-order valence-corrected chi connectivity index (χ2v) is 9.66. The Labute approximate surface area is 195 Å². The van der Waals surface area contributed by atoms with Crippen molar-refractivity contribution in [2.75, 3.05) is 17.2 Å². The number of benzene rings is 3. The summed E-state index contributed by atoms with van der Waals surface area (Å²) in [4.78, 5) is 29.5. The van der Waals surface area contributed by atoms with E-state index < -0.39 is 16.5 Å². The van der Waals surface area contributed by atoms with Crippen molar-refractivity contribution in [2.45, 2.75) is 25.3 Å². The van der Waals surface area contributed by atoms with Gasteiger partial charge in [0.15, 0.2) is 4.87 Å². The van der Waals surface area contributed by atoms with Gasteiger partial charge in [-0.25, -0.2) is 8.78 Å². The van der Waals surface area contributed by atoms with E-state index in [1.54, 1.807) is 23.1 Å². The predicted molar refractivity (Wildman–Crippen MR) is 125 cm³/mol. The lowest BCUT2D eigenvalue weighted by atomic mass is 10.0. The van der Waals surface area contributed by atoms with Crippen molar-refractivity contribution in [1.29, 1.82) is 0 Å². The summed E-state index contributed by atoms with van der Waals surface area (Å²) in [6.45, 7) is 3.94. The van der Waals surface area contributed by atoms with Crippen molar-refractivity contribution >= 4 is 29.3 Å². The molecule has 3 aromatic rings. The minimum Gasteiger partial charge on any atom is -0.311 e. The molecule has 1 saturated heterocycles. The van der Waals surface area contributed by atoms with Gasteiger partial charge < -0.3 is 9.80 Å². The fraction of sp³-hybridized carbons (Fsp3) is 0.231. The summed E-state index contributed by atoms with van der Waals surface area (Å²) in [5.41, 5.74) is 3.40. The average molecular weight is 465 g/mol. The predicted octanol–water partition coefficient (Wildman–Crippen LogP) is 5.17. The number of nitrogens with zero attached hydrogens (tertiary/aromatic N) is 2. The summed E-state index contributed by atoms with van der Waals surface area (Å²) < 4.78 is 28.9. The Hall–Kier alpha value is -3.19. The van der Waals surface area contributed by atoms with Crippen molar-refractivity contribution in [2.24, 2.45) is 0 Å². The number of carbonyl (C=O) groups excluding carboxylic acids is 2. The summed E-state index contributed by atoms with van der Waals surface area (Å²) in [6, 6.07) is 16.5. The van der Waals surface area contributed by atoms with E-state index >= 15 is 0 Å². The van der Waals surface area contributed by atoms with Crippen LogP contribution in [-0.4, -0.2) is 29.0 Å². The number of carbonyl (C=O) groups is 2. The number of hydrogen-bond acceptors (Lipinski definition) is 3. The van der Waals surface area contributed by atoms with E-state index in [0.29, 0.717) is 29.1 Å². The van der Waals surface area contributed by atoms with Crippen LogP contribution in [0.15, 0.2) is 60.7 Å². The van der Waals surface area contributed by atoms with Gasteiger partial charge in [0.25, 0.3) is 11.8 Å². The molecule has 2 aliphatic rings. The normalized spacial score (nSPS) is 19.5. The van der Waals surface area contributed by atoms with E-state index in [0.717, 1.165) is 11.1 Å². The van der Waals surface area contributed by atoms with Crippen LogP contribution in [0.1, 0.15) is 32.6 Å².